The quantitative estimate of drug-likeness (QED) is 0.642. The summed E-state index contributed by atoms with van der Waals surface area (Å²) < 4.78 is 12.2. The standard InChI is InChI=1S/C26H26O4/c27-23-15-7-13-21(25(23)29-17-19-9-3-1-4-10-19)22-14-8-16-24(28)26(22)30-18-20-11-5-2-6-12-20/h1-14,21-22,25-26H,15-18H2/t21-,22-,25-,26-/m1/s1. The molecule has 0 bridgehead atoms. The molecule has 4 atom stereocenters. The van der Waals surface area contributed by atoms with E-state index in [0.717, 1.165) is 11.1 Å². The lowest BCUT2D eigenvalue weighted by atomic mass is 9.75. The van der Waals surface area contributed by atoms with E-state index in [4.69, 9.17) is 9.47 Å². The van der Waals surface area contributed by atoms with Crippen molar-refractivity contribution in [3.8, 4) is 0 Å². The van der Waals surface area contributed by atoms with Crippen molar-refractivity contribution < 1.29 is 19.1 Å². The SMILES string of the molecule is O=C1CC=C[C@H]([C@H]2C=CCC(=O)[C@@H]2OCc2ccccc2)[C@H]1OCc1ccccc1. The van der Waals surface area contributed by atoms with Gasteiger partial charge in [-0.1, -0.05) is 85.0 Å². The summed E-state index contributed by atoms with van der Waals surface area (Å²) in [5.41, 5.74) is 2.04. The molecule has 0 aromatic heterocycles. The molecule has 0 saturated heterocycles. The van der Waals surface area contributed by atoms with Gasteiger partial charge in [-0.05, 0) is 11.1 Å². The molecular weight excluding hydrogens is 376 g/mol. The number of allylic oxidation sites excluding steroid dienone is 2. The Morgan fingerprint density at radius 1 is 0.633 bits per heavy atom. The Morgan fingerprint density at radius 2 is 1.03 bits per heavy atom. The number of carbonyl (C=O) groups is 2. The van der Waals surface area contributed by atoms with E-state index in [1.165, 1.54) is 0 Å². The molecule has 2 aliphatic carbocycles. The minimum Gasteiger partial charge on any atom is -0.365 e. The fourth-order valence-electron chi connectivity index (χ4n) is 4.13. The van der Waals surface area contributed by atoms with Gasteiger partial charge >= 0.3 is 0 Å². The summed E-state index contributed by atoms with van der Waals surface area (Å²) in [7, 11) is 0. The molecule has 30 heavy (non-hydrogen) atoms. The molecule has 0 unspecified atom stereocenters. The van der Waals surface area contributed by atoms with Gasteiger partial charge in [0.25, 0.3) is 0 Å². The predicted octanol–water partition coefficient (Wildman–Crippen LogP) is 4.45. The smallest absolute Gasteiger partial charge is 0.165 e. The molecule has 4 rings (SSSR count). The molecule has 154 valence electrons. The van der Waals surface area contributed by atoms with Gasteiger partial charge in [-0.3, -0.25) is 9.59 Å². The van der Waals surface area contributed by atoms with Crippen LogP contribution < -0.4 is 0 Å². The van der Waals surface area contributed by atoms with Crippen LogP contribution in [0.4, 0.5) is 0 Å². The maximum absolute atomic E-state index is 12.7. The molecule has 0 radical (unpaired) electrons. The Kier molecular flexibility index (Phi) is 6.67. The highest BCUT2D eigenvalue weighted by molar-refractivity contribution is 5.88. The largest absolute Gasteiger partial charge is 0.365 e. The average Bonchev–Trinajstić information content (AvgIpc) is 2.78. The van der Waals surface area contributed by atoms with Gasteiger partial charge < -0.3 is 9.47 Å². The first-order chi connectivity index (χ1) is 14.7. The zero-order chi connectivity index (χ0) is 20.8. The molecule has 0 fully saturated rings. The second-order valence-corrected chi connectivity index (χ2v) is 7.79. The minimum atomic E-state index is -0.585. The highest BCUT2D eigenvalue weighted by Crippen LogP contribution is 2.34. The van der Waals surface area contributed by atoms with Crippen molar-refractivity contribution in [2.24, 2.45) is 11.8 Å². The lowest BCUT2D eigenvalue weighted by Gasteiger charge is -2.36. The van der Waals surface area contributed by atoms with E-state index in [9.17, 15) is 9.59 Å². The van der Waals surface area contributed by atoms with Crippen LogP contribution in [0.15, 0.2) is 85.0 Å². The van der Waals surface area contributed by atoms with E-state index in [1.54, 1.807) is 0 Å². The molecule has 0 saturated carbocycles. The van der Waals surface area contributed by atoms with Crippen molar-refractivity contribution >= 4 is 11.6 Å². The Bertz CT molecular complexity index is 839. The van der Waals surface area contributed by atoms with Gasteiger partial charge in [0.05, 0.1) is 13.2 Å². The molecule has 0 heterocycles. The zero-order valence-electron chi connectivity index (χ0n) is 16.9. The number of hydrogen-bond donors (Lipinski definition) is 0. The first-order valence-electron chi connectivity index (χ1n) is 10.4. The predicted molar refractivity (Wildman–Crippen MR) is 115 cm³/mol. The normalized spacial score (nSPS) is 26.1. The Hall–Kier alpha value is -2.82. The second-order valence-electron chi connectivity index (χ2n) is 7.79. The van der Waals surface area contributed by atoms with Crippen LogP contribution in [0, 0.1) is 11.8 Å². The molecule has 0 N–H and O–H groups in total. The summed E-state index contributed by atoms with van der Waals surface area (Å²) in [6, 6.07) is 19.6. The molecule has 0 aliphatic heterocycles. The van der Waals surface area contributed by atoms with Gasteiger partial charge in [0, 0.05) is 24.7 Å². The molecule has 0 amide bonds. The van der Waals surface area contributed by atoms with Crippen LogP contribution in [-0.4, -0.2) is 23.8 Å². The van der Waals surface area contributed by atoms with Crippen LogP contribution >= 0.6 is 0 Å². The van der Waals surface area contributed by atoms with E-state index in [0.29, 0.717) is 26.1 Å². The molecule has 2 aromatic carbocycles. The fraction of sp³-hybridized carbons (Fsp3) is 0.308. The first-order valence-corrected chi connectivity index (χ1v) is 10.4. The molecule has 4 nitrogen and oxygen atoms in total. The first kappa shape index (κ1) is 20.5. The van der Waals surface area contributed by atoms with Crippen molar-refractivity contribution in [3.63, 3.8) is 0 Å². The average molecular weight is 402 g/mol. The van der Waals surface area contributed by atoms with Crippen LogP contribution in [0.3, 0.4) is 0 Å². The van der Waals surface area contributed by atoms with E-state index in [-0.39, 0.29) is 23.4 Å². The van der Waals surface area contributed by atoms with Crippen molar-refractivity contribution in [1.82, 2.24) is 0 Å². The van der Waals surface area contributed by atoms with Crippen molar-refractivity contribution in [2.75, 3.05) is 0 Å². The number of carbonyl (C=O) groups excluding carboxylic acids is 2. The summed E-state index contributed by atoms with van der Waals surface area (Å²) in [5, 5.41) is 0. The Labute approximate surface area is 177 Å². The topological polar surface area (TPSA) is 52.6 Å². The van der Waals surface area contributed by atoms with Gasteiger partial charge in [0.15, 0.2) is 11.6 Å². The van der Waals surface area contributed by atoms with Gasteiger partial charge in [-0.25, -0.2) is 0 Å². The maximum Gasteiger partial charge on any atom is 0.165 e. The third kappa shape index (κ3) is 4.84. The monoisotopic (exact) mass is 402 g/mol. The van der Waals surface area contributed by atoms with Gasteiger partial charge in [0.1, 0.15) is 12.2 Å². The lowest BCUT2D eigenvalue weighted by Crippen LogP contribution is -2.45. The molecule has 2 aromatic rings. The Balaban J connectivity index is 1.51. The summed E-state index contributed by atoms with van der Waals surface area (Å²) in [4.78, 5) is 25.4. The van der Waals surface area contributed by atoms with Crippen molar-refractivity contribution in [3.05, 3.63) is 96.1 Å². The second kappa shape index (κ2) is 9.79. The van der Waals surface area contributed by atoms with E-state index in [2.05, 4.69) is 0 Å². The molecule has 0 spiro atoms. The van der Waals surface area contributed by atoms with E-state index in [1.807, 2.05) is 85.0 Å². The minimum absolute atomic E-state index is 0.0478. The zero-order valence-corrected chi connectivity index (χ0v) is 16.9. The van der Waals surface area contributed by atoms with Gasteiger partial charge in [-0.2, -0.15) is 0 Å². The van der Waals surface area contributed by atoms with Crippen molar-refractivity contribution in [1.29, 1.82) is 0 Å². The number of Topliss-reactive ketones (excluding diaryl/α,β-unsaturated/α-hetero) is 2. The van der Waals surface area contributed by atoms with Gasteiger partial charge in [-0.15, -0.1) is 0 Å². The summed E-state index contributed by atoms with van der Waals surface area (Å²) >= 11 is 0. The number of ketones is 2. The van der Waals surface area contributed by atoms with E-state index >= 15 is 0 Å². The Morgan fingerprint density at radius 3 is 1.43 bits per heavy atom. The third-order valence-electron chi connectivity index (χ3n) is 5.68. The van der Waals surface area contributed by atoms with Crippen LogP contribution in [0.25, 0.3) is 0 Å². The highest BCUT2D eigenvalue weighted by Gasteiger charge is 2.41. The molecule has 2 aliphatic rings. The fourth-order valence-corrected chi connectivity index (χ4v) is 4.13. The van der Waals surface area contributed by atoms with Crippen LogP contribution in [-0.2, 0) is 32.3 Å². The van der Waals surface area contributed by atoms with Crippen molar-refractivity contribution in [2.45, 2.75) is 38.3 Å². The summed E-state index contributed by atoms with van der Waals surface area (Å²) in [6.45, 7) is 0.725. The maximum atomic E-state index is 12.7. The van der Waals surface area contributed by atoms with E-state index < -0.39 is 12.2 Å². The number of rotatable bonds is 7. The van der Waals surface area contributed by atoms with Crippen LogP contribution in [0.5, 0.6) is 0 Å². The van der Waals surface area contributed by atoms with Gasteiger partial charge in [0.2, 0.25) is 0 Å². The molecular formula is C26H26O4. The van der Waals surface area contributed by atoms with Crippen LogP contribution in [0.1, 0.15) is 24.0 Å². The highest BCUT2D eigenvalue weighted by atomic mass is 16.5. The number of hydrogen-bond acceptors (Lipinski definition) is 4. The number of ether oxygens (including phenoxy) is 2. The molecule has 4 heteroatoms. The summed E-state index contributed by atoms with van der Waals surface area (Å²) in [6.07, 6.45) is 7.35. The number of benzene rings is 2. The third-order valence-corrected chi connectivity index (χ3v) is 5.68. The summed E-state index contributed by atoms with van der Waals surface area (Å²) in [5.74, 6) is -0.356. The van der Waals surface area contributed by atoms with Crippen LogP contribution in [0.2, 0.25) is 0 Å². The lowest BCUT2D eigenvalue weighted by molar-refractivity contribution is -0.143.